The SMILES string of the molecule is CC1(O)CCN(CC(=O)c2ccc(F)c(F)c2)CC1. The molecular weight excluding hydrogens is 252 g/mol. The molecule has 0 saturated carbocycles. The summed E-state index contributed by atoms with van der Waals surface area (Å²) < 4.78 is 25.8. The topological polar surface area (TPSA) is 40.5 Å². The Morgan fingerprint density at radius 2 is 1.95 bits per heavy atom. The van der Waals surface area contributed by atoms with Crippen molar-refractivity contribution < 1.29 is 18.7 Å². The number of likely N-dealkylation sites (tertiary alicyclic amines) is 1. The monoisotopic (exact) mass is 269 g/mol. The van der Waals surface area contributed by atoms with E-state index in [0.717, 1.165) is 12.1 Å². The van der Waals surface area contributed by atoms with Crippen LogP contribution in [0.5, 0.6) is 0 Å². The van der Waals surface area contributed by atoms with E-state index in [1.807, 2.05) is 4.90 Å². The molecule has 2 rings (SSSR count). The fourth-order valence-electron chi connectivity index (χ4n) is 2.16. The summed E-state index contributed by atoms with van der Waals surface area (Å²) in [7, 11) is 0. The molecule has 104 valence electrons. The highest BCUT2D eigenvalue weighted by atomic mass is 19.2. The molecule has 0 atom stereocenters. The van der Waals surface area contributed by atoms with Gasteiger partial charge in [0.2, 0.25) is 0 Å². The van der Waals surface area contributed by atoms with E-state index in [0.29, 0.717) is 25.9 Å². The zero-order chi connectivity index (χ0) is 14.0. The van der Waals surface area contributed by atoms with Crippen LogP contribution in [-0.4, -0.2) is 41.0 Å². The van der Waals surface area contributed by atoms with Crippen molar-refractivity contribution in [2.24, 2.45) is 0 Å². The van der Waals surface area contributed by atoms with Gasteiger partial charge in [-0.15, -0.1) is 0 Å². The minimum absolute atomic E-state index is 0.168. The minimum Gasteiger partial charge on any atom is -0.390 e. The lowest BCUT2D eigenvalue weighted by Gasteiger charge is -2.35. The highest BCUT2D eigenvalue weighted by molar-refractivity contribution is 5.97. The number of rotatable bonds is 3. The van der Waals surface area contributed by atoms with E-state index >= 15 is 0 Å². The fourth-order valence-corrected chi connectivity index (χ4v) is 2.16. The van der Waals surface area contributed by atoms with E-state index in [2.05, 4.69) is 0 Å². The number of carbonyl (C=O) groups excluding carboxylic acids is 1. The maximum absolute atomic E-state index is 13.0. The van der Waals surface area contributed by atoms with Gasteiger partial charge in [0, 0.05) is 18.7 Å². The Bertz CT molecular complexity index is 478. The van der Waals surface area contributed by atoms with Crippen molar-refractivity contribution in [1.29, 1.82) is 0 Å². The summed E-state index contributed by atoms with van der Waals surface area (Å²) in [6.07, 6.45) is 1.22. The average molecular weight is 269 g/mol. The van der Waals surface area contributed by atoms with Gasteiger partial charge in [-0.3, -0.25) is 9.69 Å². The molecule has 1 fully saturated rings. The van der Waals surface area contributed by atoms with Crippen LogP contribution in [0.4, 0.5) is 8.78 Å². The third-order valence-corrected chi connectivity index (χ3v) is 3.54. The Kier molecular flexibility index (Phi) is 3.96. The number of hydrogen-bond acceptors (Lipinski definition) is 3. The molecule has 0 amide bonds. The first-order chi connectivity index (χ1) is 8.87. The Hall–Kier alpha value is -1.33. The minimum atomic E-state index is -1.01. The molecule has 19 heavy (non-hydrogen) atoms. The smallest absolute Gasteiger partial charge is 0.176 e. The molecule has 1 heterocycles. The predicted octanol–water partition coefficient (Wildman–Crippen LogP) is 1.99. The Morgan fingerprint density at radius 3 is 2.53 bits per heavy atom. The molecule has 0 radical (unpaired) electrons. The number of carbonyl (C=O) groups is 1. The first-order valence-corrected chi connectivity index (χ1v) is 6.30. The highest BCUT2D eigenvalue weighted by Crippen LogP contribution is 2.21. The molecule has 0 bridgehead atoms. The largest absolute Gasteiger partial charge is 0.390 e. The van der Waals surface area contributed by atoms with Crippen LogP contribution in [0.2, 0.25) is 0 Å². The van der Waals surface area contributed by atoms with Crippen molar-refractivity contribution in [1.82, 2.24) is 4.90 Å². The highest BCUT2D eigenvalue weighted by Gasteiger charge is 2.28. The molecule has 5 heteroatoms. The van der Waals surface area contributed by atoms with Crippen LogP contribution in [-0.2, 0) is 0 Å². The molecule has 0 spiro atoms. The molecule has 1 aromatic carbocycles. The van der Waals surface area contributed by atoms with Crippen LogP contribution in [0, 0.1) is 11.6 Å². The molecule has 1 aliphatic heterocycles. The summed E-state index contributed by atoms with van der Waals surface area (Å²) in [5, 5.41) is 9.81. The standard InChI is InChI=1S/C14H17F2NO2/c1-14(19)4-6-17(7-5-14)9-13(18)10-2-3-11(15)12(16)8-10/h2-3,8,19H,4-7,9H2,1H3. The summed E-state index contributed by atoms with van der Waals surface area (Å²) in [5.41, 5.74) is -0.488. The van der Waals surface area contributed by atoms with Crippen LogP contribution >= 0.6 is 0 Å². The van der Waals surface area contributed by atoms with Crippen LogP contribution in [0.25, 0.3) is 0 Å². The van der Waals surface area contributed by atoms with Crippen LogP contribution < -0.4 is 0 Å². The zero-order valence-corrected chi connectivity index (χ0v) is 10.8. The summed E-state index contributed by atoms with van der Waals surface area (Å²) in [5.74, 6) is -2.20. The molecular formula is C14H17F2NO2. The maximum atomic E-state index is 13.0. The van der Waals surface area contributed by atoms with Crippen molar-refractivity contribution in [3.63, 3.8) is 0 Å². The molecule has 3 nitrogen and oxygen atoms in total. The Balaban J connectivity index is 1.96. The van der Waals surface area contributed by atoms with Gasteiger partial charge < -0.3 is 5.11 Å². The molecule has 0 aliphatic carbocycles. The fraction of sp³-hybridized carbons (Fsp3) is 0.500. The van der Waals surface area contributed by atoms with Gasteiger partial charge in [-0.1, -0.05) is 0 Å². The van der Waals surface area contributed by atoms with Gasteiger partial charge in [0.05, 0.1) is 12.1 Å². The molecule has 1 aromatic rings. The van der Waals surface area contributed by atoms with Gasteiger partial charge in [0.15, 0.2) is 17.4 Å². The van der Waals surface area contributed by atoms with Gasteiger partial charge in [0.25, 0.3) is 0 Å². The van der Waals surface area contributed by atoms with E-state index in [1.165, 1.54) is 6.07 Å². The molecule has 0 aromatic heterocycles. The molecule has 1 N–H and O–H groups in total. The van der Waals surface area contributed by atoms with Crippen LogP contribution in [0.15, 0.2) is 18.2 Å². The van der Waals surface area contributed by atoms with Crippen molar-refractivity contribution in [2.75, 3.05) is 19.6 Å². The van der Waals surface area contributed by atoms with Gasteiger partial charge >= 0.3 is 0 Å². The number of benzene rings is 1. The average Bonchev–Trinajstić information content (AvgIpc) is 2.35. The molecule has 1 aliphatic rings. The second-order valence-electron chi connectivity index (χ2n) is 5.33. The Labute approximate surface area is 110 Å². The number of Topliss-reactive ketones (excluding diaryl/α,β-unsaturated/α-hetero) is 1. The second kappa shape index (κ2) is 5.35. The summed E-state index contributed by atoms with van der Waals surface area (Å²) in [6, 6.07) is 3.18. The number of hydrogen-bond donors (Lipinski definition) is 1. The lowest BCUT2D eigenvalue weighted by molar-refractivity contribution is -0.00420. The number of piperidine rings is 1. The van der Waals surface area contributed by atoms with E-state index < -0.39 is 17.2 Å². The first-order valence-electron chi connectivity index (χ1n) is 6.30. The lowest BCUT2D eigenvalue weighted by Crippen LogP contribution is -2.44. The van der Waals surface area contributed by atoms with E-state index in [1.54, 1.807) is 6.92 Å². The lowest BCUT2D eigenvalue weighted by atomic mass is 9.93. The number of aliphatic hydroxyl groups is 1. The summed E-state index contributed by atoms with van der Waals surface area (Å²) in [4.78, 5) is 13.9. The van der Waals surface area contributed by atoms with E-state index in [-0.39, 0.29) is 17.9 Å². The normalized spacial score (nSPS) is 19.4. The van der Waals surface area contributed by atoms with E-state index in [9.17, 15) is 18.7 Å². The maximum Gasteiger partial charge on any atom is 0.176 e. The molecule has 0 unspecified atom stereocenters. The zero-order valence-electron chi connectivity index (χ0n) is 10.8. The van der Waals surface area contributed by atoms with Gasteiger partial charge in [-0.2, -0.15) is 0 Å². The molecule has 1 saturated heterocycles. The van der Waals surface area contributed by atoms with Gasteiger partial charge in [-0.05, 0) is 38.0 Å². The van der Waals surface area contributed by atoms with Gasteiger partial charge in [-0.25, -0.2) is 8.78 Å². The summed E-state index contributed by atoms with van der Waals surface area (Å²) >= 11 is 0. The third-order valence-electron chi connectivity index (χ3n) is 3.54. The number of nitrogens with zero attached hydrogens (tertiary/aromatic N) is 1. The predicted molar refractivity (Wildman–Crippen MR) is 67.0 cm³/mol. The van der Waals surface area contributed by atoms with Crippen LogP contribution in [0.3, 0.4) is 0 Å². The first kappa shape index (κ1) is 14.1. The quantitative estimate of drug-likeness (QED) is 0.853. The van der Waals surface area contributed by atoms with Crippen molar-refractivity contribution in [2.45, 2.75) is 25.4 Å². The van der Waals surface area contributed by atoms with Crippen molar-refractivity contribution in [3.05, 3.63) is 35.4 Å². The number of ketones is 1. The third kappa shape index (κ3) is 3.58. The van der Waals surface area contributed by atoms with E-state index in [4.69, 9.17) is 0 Å². The Morgan fingerprint density at radius 1 is 1.32 bits per heavy atom. The number of halogens is 2. The van der Waals surface area contributed by atoms with Crippen LogP contribution in [0.1, 0.15) is 30.1 Å². The second-order valence-corrected chi connectivity index (χ2v) is 5.33. The van der Waals surface area contributed by atoms with Crippen molar-refractivity contribution in [3.8, 4) is 0 Å². The summed E-state index contributed by atoms with van der Waals surface area (Å²) in [6.45, 7) is 3.20. The van der Waals surface area contributed by atoms with Gasteiger partial charge in [0.1, 0.15) is 0 Å². The van der Waals surface area contributed by atoms with Crippen molar-refractivity contribution >= 4 is 5.78 Å².